The van der Waals surface area contributed by atoms with Gasteiger partial charge in [0.05, 0.1) is 6.20 Å². The van der Waals surface area contributed by atoms with Gasteiger partial charge in [-0.3, -0.25) is 4.68 Å². The van der Waals surface area contributed by atoms with E-state index >= 15 is 0 Å². The third-order valence-electron chi connectivity index (χ3n) is 4.37. The number of halogens is 1. The third kappa shape index (κ3) is 2.42. The number of hydrogen-bond donors (Lipinski definition) is 1. The molecule has 0 spiro atoms. The van der Waals surface area contributed by atoms with E-state index in [1.54, 1.807) is 0 Å². The van der Waals surface area contributed by atoms with Crippen LogP contribution in [-0.2, 0) is 13.5 Å². The Morgan fingerprint density at radius 3 is 2.95 bits per heavy atom. The lowest BCUT2D eigenvalue weighted by Crippen LogP contribution is -2.23. The second kappa shape index (κ2) is 5.34. The van der Waals surface area contributed by atoms with Gasteiger partial charge in [0.1, 0.15) is 0 Å². The zero-order valence-electron chi connectivity index (χ0n) is 12.2. The molecule has 0 bridgehead atoms. The van der Waals surface area contributed by atoms with Crippen LogP contribution in [0.15, 0.2) is 28.9 Å². The minimum atomic E-state index is 0.322. The quantitative estimate of drug-likeness (QED) is 0.925. The van der Waals surface area contributed by atoms with Gasteiger partial charge >= 0.3 is 0 Å². The molecule has 2 unspecified atom stereocenters. The highest BCUT2D eigenvalue weighted by Gasteiger charge is 2.24. The lowest BCUT2D eigenvalue weighted by molar-refractivity contribution is 0.463. The number of rotatable bonds is 3. The molecule has 2 aromatic rings. The Bertz CT molecular complexity index is 633. The number of nitrogens with zero attached hydrogens (tertiary/aromatic N) is 2. The largest absolute Gasteiger partial charge is 0.303 e. The molecule has 1 heterocycles. The van der Waals surface area contributed by atoms with Crippen LogP contribution in [0.25, 0.3) is 0 Å². The Kier molecular flexibility index (Phi) is 3.69. The van der Waals surface area contributed by atoms with Crippen LogP contribution in [0.2, 0.25) is 0 Å². The van der Waals surface area contributed by atoms with Gasteiger partial charge in [-0.05, 0) is 49.9 Å². The Morgan fingerprint density at radius 1 is 1.45 bits per heavy atom. The number of aromatic nitrogens is 2. The van der Waals surface area contributed by atoms with Gasteiger partial charge in [-0.1, -0.05) is 22.0 Å². The fourth-order valence-corrected chi connectivity index (χ4v) is 3.50. The van der Waals surface area contributed by atoms with Gasteiger partial charge in [0.2, 0.25) is 0 Å². The highest BCUT2D eigenvalue weighted by Crippen LogP contribution is 2.34. The monoisotopic (exact) mass is 333 g/mol. The first-order valence-corrected chi connectivity index (χ1v) is 7.88. The Morgan fingerprint density at radius 2 is 2.25 bits per heavy atom. The topological polar surface area (TPSA) is 29.9 Å². The van der Waals surface area contributed by atoms with Crippen LogP contribution in [0, 0.1) is 6.92 Å². The van der Waals surface area contributed by atoms with Gasteiger partial charge in [0.15, 0.2) is 0 Å². The van der Waals surface area contributed by atoms with E-state index < -0.39 is 0 Å². The molecular weight excluding hydrogens is 314 g/mol. The van der Waals surface area contributed by atoms with Crippen LogP contribution in [-0.4, -0.2) is 9.78 Å². The smallest absolute Gasteiger partial charge is 0.0540 e. The van der Waals surface area contributed by atoms with Crippen LogP contribution in [0.1, 0.15) is 47.8 Å². The molecule has 2 atom stereocenters. The van der Waals surface area contributed by atoms with Crippen molar-refractivity contribution < 1.29 is 0 Å². The lowest BCUT2D eigenvalue weighted by atomic mass is 10.0. The van der Waals surface area contributed by atoms with Crippen molar-refractivity contribution >= 4 is 15.9 Å². The molecule has 20 heavy (non-hydrogen) atoms. The second-order valence-corrected chi connectivity index (χ2v) is 6.55. The summed E-state index contributed by atoms with van der Waals surface area (Å²) >= 11 is 3.55. The SMILES string of the molecule is Cc1c(C(C)NC2CCc3cc(Br)ccc32)cnn1C. The van der Waals surface area contributed by atoms with Gasteiger partial charge in [0.25, 0.3) is 0 Å². The molecule has 4 heteroatoms. The van der Waals surface area contributed by atoms with E-state index in [0.717, 1.165) is 6.42 Å². The number of benzene rings is 1. The van der Waals surface area contributed by atoms with E-state index in [1.165, 1.54) is 33.3 Å². The van der Waals surface area contributed by atoms with Gasteiger partial charge in [-0.2, -0.15) is 5.10 Å². The molecule has 1 aromatic carbocycles. The highest BCUT2D eigenvalue weighted by atomic mass is 79.9. The maximum absolute atomic E-state index is 4.34. The van der Waals surface area contributed by atoms with E-state index in [9.17, 15) is 0 Å². The number of hydrogen-bond acceptors (Lipinski definition) is 2. The summed E-state index contributed by atoms with van der Waals surface area (Å²) in [5.74, 6) is 0. The van der Waals surface area contributed by atoms with Gasteiger partial charge in [-0.15, -0.1) is 0 Å². The minimum Gasteiger partial charge on any atom is -0.303 e. The lowest BCUT2D eigenvalue weighted by Gasteiger charge is -2.20. The molecule has 106 valence electrons. The van der Waals surface area contributed by atoms with Crippen molar-refractivity contribution in [3.05, 3.63) is 51.3 Å². The Balaban J connectivity index is 1.79. The van der Waals surface area contributed by atoms with Crippen molar-refractivity contribution in [3.63, 3.8) is 0 Å². The van der Waals surface area contributed by atoms with Gasteiger partial charge < -0.3 is 5.32 Å². The summed E-state index contributed by atoms with van der Waals surface area (Å²) in [4.78, 5) is 0. The summed E-state index contributed by atoms with van der Waals surface area (Å²) in [7, 11) is 1.99. The molecule has 3 nitrogen and oxygen atoms in total. The molecule has 0 saturated carbocycles. The van der Waals surface area contributed by atoms with Crippen molar-refractivity contribution in [2.45, 2.75) is 38.8 Å². The molecule has 0 aliphatic heterocycles. The second-order valence-electron chi connectivity index (χ2n) is 5.63. The first-order valence-electron chi connectivity index (χ1n) is 7.09. The standard InChI is InChI=1S/C16H20BrN3/c1-10(15-9-18-20(3)11(15)2)19-16-7-4-12-8-13(17)5-6-14(12)16/h5-6,8-10,16,19H,4,7H2,1-3H3. The molecule has 1 aliphatic carbocycles. The fourth-order valence-electron chi connectivity index (χ4n) is 3.09. The number of fused-ring (bicyclic) bond motifs is 1. The first kappa shape index (κ1) is 13.8. The van der Waals surface area contributed by atoms with E-state index in [2.05, 4.69) is 58.4 Å². The van der Waals surface area contributed by atoms with Crippen molar-refractivity contribution in [1.29, 1.82) is 0 Å². The molecule has 0 saturated heterocycles. The van der Waals surface area contributed by atoms with E-state index in [0.29, 0.717) is 12.1 Å². The zero-order chi connectivity index (χ0) is 14.3. The molecule has 1 aromatic heterocycles. The van der Waals surface area contributed by atoms with Crippen LogP contribution in [0.3, 0.4) is 0 Å². The van der Waals surface area contributed by atoms with Gasteiger partial charge in [0, 0.05) is 34.9 Å². The molecular formula is C16H20BrN3. The predicted molar refractivity (Wildman–Crippen MR) is 84.7 cm³/mol. The predicted octanol–water partition coefficient (Wildman–Crippen LogP) is 3.83. The zero-order valence-corrected chi connectivity index (χ0v) is 13.7. The average Bonchev–Trinajstić information content (AvgIpc) is 2.95. The summed E-state index contributed by atoms with van der Waals surface area (Å²) in [5.41, 5.74) is 5.44. The number of nitrogens with one attached hydrogen (secondary N) is 1. The van der Waals surface area contributed by atoms with Crippen molar-refractivity contribution in [3.8, 4) is 0 Å². The van der Waals surface area contributed by atoms with Crippen molar-refractivity contribution in [2.24, 2.45) is 7.05 Å². The van der Waals surface area contributed by atoms with Crippen LogP contribution < -0.4 is 5.32 Å². The fraction of sp³-hybridized carbons (Fsp3) is 0.438. The van der Waals surface area contributed by atoms with E-state index in [-0.39, 0.29) is 0 Å². The Hall–Kier alpha value is -1.13. The molecule has 0 amide bonds. The molecule has 0 fully saturated rings. The van der Waals surface area contributed by atoms with Crippen molar-refractivity contribution in [1.82, 2.24) is 15.1 Å². The normalized spacial score (nSPS) is 19.1. The average molecular weight is 334 g/mol. The molecule has 1 aliphatic rings. The van der Waals surface area contributed by atoms with E-state index in [1.807, 2.05) is 17.9 Å². The summed E-state index contributed by atoms with van der Waals surface area (Å²) in [6.45, 7) is 4.35. The highest BCUT2D eigenvalue weighted by molar-refractivity contribution is 9.10. The minimum absolute atomic E-state index is 0.322. The van der Waals surface area contributed by atoms with Gasteiger partial charge in [-0.25, -0.2) is 0 Å². The molecule has 3 rings (SSSR count). The third-order valence-corrected chi connectivity index (χ3v) is 4.87. The molecule has 0 radical (unpaired) electrons. The summed E-state index contributed by atoms with van der Waals surface area (Å²) < 4.78 is 3.11. The molecule has 1 N–H and O–H groups in total. The van der Waals surface area contributed by atoms with E-state index in [4.69, 9.17) is 0 Å². The van der Waals surface area contributed by atoms with Crippen molar-refractivity contribution in [2.75, 3.05) is 0 Å². The van der Waals surface area contributed by atoms with Crippen LogP contribution in [0.5, 0.6) is 0 Å². The van der Waals surface area contributed by atoms with Crippen LogP contribution >= 0.6 is 15.9 Å². The Labute approximate surface area is 128 Å². The summed E-state index contributed by atoms with van der Waals surface area (Å²) in [5, 5.41) is 8.09. The summed E-state index contributed by atoms with van der Waals surface area (Å²) in [6, 6.07) is 7.40. The summed E-state index contributed by atoms with van der Waals surface area (Å²) in [6.07, 6.45) is 4.31. The van der Waals surface area contributed by atoms with Crippen LogP contribution in [0.4, 0.5) is 0 Å². The maximum Gasteiger partial charge on any atom is 0.0540 e. The first-order chi connectivity index (χ1) is 9.56. The number of aryl methyl sites for hydroxylation is 2. The maximum atomic E-state index is 4.34.